The molecule has 0 spiro atoms. The summed E-state index contributed by atoms with van der Waals surface area (Å²) in [7, 11) is 0. The average molecular weight is 429 g/mol. The Bertz CT molecular complexity index is 837. The summed E-state index contributed by atoms with van der Waals surface area (Å²) in [4.78, 5) is 14.4. The second kappa shape index (κ2) is 9.59. The van der Waals surface area contributed by atoms with Crippen LogP contribution in [0.3, 0.4) is 0 Å². The Morgan fingerprint density at radius 1 is 1.28 bits per heavy atom. The lowest BCUT2D eigenvalue weighted by Gasteiger charge is -2.26. The zero-order valence-electron chi connectivity index (χ0n) is 15.9. The molecule has 2 heterocycles. The summed E-state index contributed by atoms with van der Waals surface area (Å²) >= 11 is 1.20. The Kier molecular flexibility index (Phi) is 7.14. The van der Waals surface area contributed by atoms with E-state index in [0.717, 1.165) is 31.0 Å². The molecule has 0 atom stereocenters. The molecule has 1 aliphatic heterocycles. The summed E-state index contributed by atoms with van der Waals surface area (Å²) < 4.78 is 45.6. The van der Waals surface area contributed by atoms with E-state index < -0.39 is 17.6 Å². The van der Waals surface area contributed by atoms with Crippen molar-refractivity contribution in [2.24, 2.45) is 0 Å². The van der Waals surface area contributed by atoms with Gasteiger partial charge in [0.05, 0.1) is 31.1 Å². The molecule has 1 fully saturated rings. The first-order chi connectivity index (χ1) is 13.9. The van der Waals surface area contributed by atoms with Crippen LogP contribution >= 0.6 is 11.8 Å². The van der Waals surface area contributed by atoms with Gasteiger partial charge in [0, 0.05) is 25.3 Å². The molecule has 1 aromatic heterocycles. The van der Waals surface area contributed by atoms with Gasteiger partial charge in [-0.1, -0.05) is 17.8 Å². The van der Waals surface area contributed by atoms with Crippen LogP contribution in [-0.2, 0) is 28.8 Å². The summed E-state index contributed by atoms with van der Waals surface area (Å²) in [5, 5.41) is 11.5. The molecule has 2 aromatic rings. The first kappa shape index (κ1) is 21.6. The van der Waals surface area contributed by atoms with E-state index in [1.807, 2.05) is 11.5 Å². The SMILES string of the molecule is CCn1c(CN2CCOCC2)nnc1SCC(=O)Nc1cccc(C(F)(F)F)c1. The zero-order valence-corrected chi connectivity index (χ0v) is 16.7. The molecule has 0 aliphatic carbocycles. The normalized spacial score (nSPS) is 15.4. The van der Waals surface area contributed by atoms with E-state index in [9.17, 15) is 18.0 Å². The van der Waals surface area contributed by atoms with E-state index in [0.29, 0.717) is 31.5 Å². The fraction of sp³-hybridized carbons (Fsp3) is 0.500. The molecule has 1 amide bonds. The number of benzene rings is 1. The van der Waals surface area contributed by atoms with Crippen LogP contribution in [-0.4, -0.2) is 57.6 Å². The van der Waals surface area contributed by atoms with E-state index in [1.54, 1.807) is 0 Å². The highest BCUT2D eigenvalue weighted by atomic mass is 32.2. The quantitative estimate of drug-likeness (QED) is 0.683. The molecule has 0 saturated carbocycles. The van der Waals surface area contributed by atoms with E-state index in [1.165, 1.54) is 23.9 Å². The van der Waals surface area contributed by atoms with Crippen molar-refractivity contribution in [3.8, 4) is 0 Å². The third kappa shape index (κ3) is 5.94. The predicted molar refractivity (Wildman–Crippen MR) is 103 cm³/mol. The van der Waals surface area contributed by atoms with Gasteiger partial charge in [0.15, 0.2) is 5.16 Å². The summed E-state index contributed by atoms with van der Waals surface area (Å²) in [6, 6.07) is 4.56. The number of nitrogens with one attached hydrogen (secondary N) is 1. The number of hydrogen-bond acceptors (Lipinski definition) is 6. The summed E-state index contributed by atoms with van der Waals surface area (Å²) in [6.45, 7) is 6.33. The lowest BCUT2D eigenvalue weighted by atomic mass is 10.2. The number of alkyl halides is 3. The van der Waals surface area contributed by atoms with E-state index in [4.69, 9.17) is 4.74 Å². The van der Waals surface area contributed by atoms with Crippen LogP contribution in [0.25, 0.3) is 0 Å². The van der Waals surface area contributed by atoms with Gasteiger partial charge in [-0.2, -0.15) is 13.2 Å². The number of halogens is 3. The molecule has 1 aromatic carbocycles. The fourth-order valence-corrected chi connectivity index (χ4v) is 3.74. The lowest BCUT2D eigenvalue weighted by Crippen LogP contribution is -2.36. The second-order valence-corrected chi connectivity index (χ2v) is 7.39. The van der Waals surface area contributed by atoms with Crippen LogP contribution in [0.15, 0.2) is 29.4 Å². The van der Waals surface area contributed by atoms with Crippen LogP contribution in [0.5, 0.6) is 0 Å². The monoisotopic (exact) mass is 429 g/mol. The van der Waals surface area contributed by atoms with E-state index in [2.05, 4.69) is 20.4 Å². The molecule has 29 heavy (non-hydrogen) atoms. The van der Waals surface area contributed by atoms with Gasteiger partial charge in [-0.25, -0.2) is 0 Å². The van der Waals surface area contributed by atoms with Crippen molar-refractivity contribution in [2.45, 2.75) is 31.3 Å². The molecule has 1 aliphatic rings. The highest BCUT2D eigenvalue weighted by molar-refractivity contribution is 7.99. The maximum atomic E-state index is 12.8. The maximum absolute atomic E-state index is 12.8. The molecule has 1 saturated heterocycles. The Balaban J connectivity index is 1.57. The average Bonchev–Trinajstić information content (AvgIpc) is 3.08. The van der Waals surface area contributed by atoms with Gasteiger partial charge < -0.3 is 14.6 Å². The number of carbonyl (C=O) groups excluding carboxylic acids is 1. The minimum absolute atomic E-state index is 0.0198. The van der Waals surface area contributed by atoms with E-state index in [-0.39, 0.29) is 11.4 Å². The van der Waals surface area contributed by atoms with Gasteiger partial charge in [0.25, 0.3) is 0 Å². The van der Waals surface area contributed by atoms with Crippen LogP contribution < -0.4 is 5.32 Å². The topological polar surface area (TPSA) is 72.3 Å². The molecule has 3 rings (SSSR count). The number of morpholine rings is 1. The van der Waals surface area contributed by atoms with Crippen molar-refractivity contribution in [1.29, 1.82) is 0 Å². The largest absolute Gasteiger partial charge is 0.416 e. The Hall–Kier alpha value is -2.11. The number of amides is 1. The number of anilines is 1. The smallest absolute Gasteiger partial charge is 0.379 e. The van der Waals surface area contributed by atoms with E-state index >= 15 is 0 Å². The molecular formula is C18H22F3N5O2S. The van der Waals surface area contributed by atoms with Crippen molar-refractivity contribution in [2.75, 3.05) is 37.4 Å². The predicted octanol–water partition coefficient (Wildman–Crippen LogP) is 2.88. The maximum Gasteiger partial charge on any atom is 0.416 e. The Morgan fingerprint density at radius 3 is 2.72 bits per heavy atom. The number of hydrogen-bond donors (Lipinski definition) is 1. The Morgan fingerprint density at radius 2 is 2.03 bits per heavy atom. The van der Waals surface area contributed by atoms with Crippen LogP contribution in [0.2, 0.25) is 0 Å². The number of rotatable bonds is 7. The number of nitrogens with zero attached hydrogens (tertiary/aromatic N) is 4. The molecule has 0 radical (unpaired) electrons. The van der Waals surface area contributed by atoms with Crippen LogP contribution in [0, 0.1) is 0 Å². The van der Waals surface area contributed by atoms with Crippen molar-refractivity contribution in [3.05, 3.63) is 35.7 Å². The summed E-state index contributed by atoms with van der Waals surface area (Å²) in [5.41, 5.74) is -0.697. The standard InChI is InChI=1S/C18H22F3N5O2S/c1-2-26-15(11-25-6-8-28-9-7-25)23-24-17(26)29-12-16(27)22-14-5-3-4-13(10-14)18(19,20)21/h3-5,10H,2,6-9,11-12H2,1H3,(H,22,27). The summed E-state index contributed by atoms with van der Waals surface area (Å²) in [6.07, 6.45) is -4.45. The molecule has 0 unspecified atom stereocenters. The zero-order chi connectivity index (χ0) is 20.9. The van der Waals surface area contributed by atoms with Crippen molar-refractivity contribution in [3.63, 3.8) is 0 Å². The molecule has 11 heteroatoms. The van der Waals surface area contributed by atoms with Gasteiger partial charge in [-0.15, -0.1) is 10.2 Å². The highest BCUT2D eigenvalue weighted by Crippen LogP contribution is 2.30. The van der Waals surface area contributed by atoms with Crippen molar-refractivity contribution < 1.29 is 22.7 Å². The van der Waals surface area contributed by atoms with Gasteiger partial charge >= 0.3 is 6.18 Å². The number of ether oxygens (including phenoxy) is 1. The van der Waals surface area contributed by atoms with Crippen molar-refractivity contribution >= 4 is 23.4 Å². The van der Waals surface area contributed by atoms with Gasteiger partial charge in [0.2, 0.25) is 5.91 Å². The second-order valence-electron chi connectivity index (χ2n) is 6.45. The third-order valence-electron chi connectivity index (χ3n) is 4.38. The summed E-state index contributed by atoms with van der Waals surface area (Å²) in [5.74, 6) is 0.427. The van der Waals surface area contributed by atoms with Crippen LogP contribution in [0.4, 0.5) is 18.9 Å². The van der Waals surface area contributed by atoms with Crippen molar-refractivity contribution in [1.82, 2.24) is 19.7 Å². The first-order valence-corrected chi connectivity index (χ1v) is 10.2. The lowest BCUT2D eigenvalue weighted by molar-refractivity contribution is -0.137. The third-order valence-corrected chi connectivity index (χ3v) is 5.35. The Labute approximate surface area is 170 Å². The highest BCUT2D eigenvalue weighted by Gasteiger charge is 2.30. The first-order valence-electron chi connectivity index (χ1n) is 9.19. The van der Waals surface area contributed by atoms with Gasteiger partial charge in [-0.05, 0) is 25.1 Å². The molecule has 0 bridgehead atoms. The van der Waals surface area contributed by atoms with Crippen LogP contribution in [0.1, 0.15) is 18.3 Å². The number of aromatic nitrogens is 3. The number of carbonyl (C=O) groups is 1. The fourth-order valence-electron chi connectivity index (χ4n) is 2.92. The molecule has 158 valence electrons. The number of thioether (sulfide) groups is 1. The van der Waals surface area contributed by atoms with Gasteiger partial charge in [0.1, 0.15) is 5.82 Å². The molecule has 7 nitrogen and oxygen atoms in total. The molecular weight excluding hydrogens is 407 g/mol. The van der Waals surface area contributed by atoms with Gasteiger partial charge in [-0.3, -0.25) is 9.69 Å². The minimum atomic E-state index is -4.45. The minimum Gasteiger partial charge on any atom is -0.379 e. The molecule has 1 N–H and O–H groups in total.